The van der Waals surface area contributed by atoms with E-state index in [-0.39, 0.29) is 18.4 Å². The highest BCUT2D eigenvalue weighted by Gasteiger charge is 1.97. The average Bonchev–Trinajstić information content (AvgIpc) is 2.08. The molecule has 1 aromatic carbocycles. The SMILES string of the molecule is CC(=O)Oc1ccc(CON)cc1.Cl. The molecule has 0 bridgehead atoms. The van der Waals surface area contributed by atoms with Crippen molar-refractivity contribution in [2.24, 2.45) is 5.90 Å². The Balaban J connectivity index is 0.00000169. The molecular weight excluding hydrogens is 206 g/mol. The van der Waals surface area contributed by atoms with Crippen LogP contribution in [0.15, 0.2) is 24.3 Å². The standard InChI is InChI=1S/C9H11NO3.ClH/c1-7(11)13-9-4-2-8(3-5-9)6-12-10;/h2-5H,6,10H2,1H3;1H. The molecule has 1 rings (SSSR count). The topological polar surface area (TPSA) is 61.5 Å². The van der Waals surface area contributed by atoms with E-state index < -0.39 is 0 Å². The zero-order valence-electron chi connectivity index (χ0n) is 7.73. The van der Waals surface area contributed by atoms with Gasteiger partial charge in [0.2, 0.25) is 0 Å². The largest absolute Gasteiger partial charge is 0.427 e. The summed E-state index contributed by atoms with van der Waals surface area (Å²) in [7, 11) is 0. The lowest BCUT2D eigenvalue weighted by atomic mass is 10.2. The molecule has 0 spiro atoms. The van der Waals surface area contributed by atoms with Crippen LogP contribution in [0.4, 0.5) is 0 Å². The van der Waals surface area contributed by atoms with E-state index in [0.29, 0.717) is 12.4 Å². The smallest absolute Gasteiger partial charge is 0.308 e. The van der Waals surface area contributed by atoms with Crippen LogP contribution in [0.5, 0.6) is 5.75 Å². The molecule has 1 aromatic rings. The monoisotopic (exact) mass is 217 g/mol. The van der Waals surface area contributed by atoms with Crippen molar-refractivity contribution in [3.8, 4) is 5.75 Å². The third kappa shape index (κ3) is 4.23. The second-order valence-electron chi connectivity index (χ2n) is 2.55. The van der Waals surface area contributed by atoms with Crippen LogP contribution in [0.3, 0.4) is 0 Å². The maximum atomic E-state index is 10.6. The van der Waals surface area contributed by atoms with E-state index >= 15 is 0 Å². The predicted octanol–water partition coefficient (Wildman–Crippen LogP) is 1.42. The van der Waals surface area contributed by atoms with Gasteiger partial charge >= 0.3 is 5.97 Å². The Morgan fingerprint density at radius 1 is 1.36 bits per heavy atom. The Kier molecular flexibility index (Phi) is 5.87. The Hall–Kier alpha value is -1.10. The van der Waals surface area contributed by atoms with Crippen molar-refractivity contribution in [3.63, 3.8) is 0 Å². The molecule has 0 atom stereocenters. The van der Waals surface area contributed by atoms with Gasteiger partial charge in [-0.2, -0.15) is 0 Å². The minimum Gasteiger partial charge on any atom is -0.427 e. The van der Waals surface area contributed by atoms with Crippen LogP contribution in [0.25, 0.3) is 0 Å². The Morgan fingerprint density at radius 3 is 2.36 bits per heavy atom. The fraction of sp³-hybridized carbons (Fsp3) is 0.222. The summed E-state index contributed by atoms with van der Waals surface area (Å²) in [5.74, 6) is 5.08. The summed E-state index contributed by atoms with van der Waals surface area (Å²) < 4.78 is 4.84. The number of hydrogen-bond acceptors (Lipinski definition) is 4. The third-order valence-electron chi connectivity index (χ3n) is 1.43. The van der Waals surface area contributed by atoms with Crippen molar-refractivity contribution in [3.05, 3.63) is 29.8 Å². The number of benzene rings is 1. The van der Waals surface area contributed by atoms with Crippen molar-refractivity contribution in [1.82, 2.24) is 0 Å². The number of halogens is 1. The van der Waals surface area contributed by atoms with Gasteiger partial charge in [0, 0.05) is 6.92 Å². The molecule has 0 heterocycles. The molecule has 0 aliphatic heterocycles. The first-order chi connectivity index (χ1) is 6.22. The summed E-state index contributed by atoms with van der Waals surface area (Å²) in [6.45, 7) is 1.71. The molecule has 78 valence electrons. The molecule has 2 N–H and O–H groups in total. The van der Waals surface area contributed by atoms with Crippen molar-refractivity contribution >= 4 is 18.4 Å². The van der Waals surface area contributed by atoms with Gasteiger partial charge in [0.25, 0.3) is 0 Å². The van der Waals surface area contributed by atoms with Gasteiger partial charge in [-0.05, 0) is 17.7 Å². The number of hydrogen-bond donors (Lipinski definition) is 1. The summed E-state index contributed by atoms with van der Waals surface area (Å²) in [6, 6.07) is 6.95. The lowest BCUT2D eigenvalue weighted by Crippen LogP contribution is -2.02. The first-order valence-electron chi connectivity index (χ1n) is 3.81. The molecule has 4 nitrogen and oxygen atoms in total. The Morgan fingerprint density at radius 2 is 1.93 bits per heavy atom. The number of carbonyl (C=O) groups excluding carboxylic acids is 1. The summed E-state index contributed by atoms with van der Waals surface area (Å²) >= 11 is 0. The van der Waals surface area contributed by atoms with E-state index in [2.05, 4.69) is 4.84 Å². The summed E-state index contributed by atoms with van der Waals surface area (Å²) in [5, 5.41) is 0. The van der Waals surface area contributed by atoms with Crippen LogP contribution < -0.4 is 10.6 Å². The lowest BCUT2D eigenvalue weighted by Gasteiger charge is -2.02. The van der Waals surface area contributed by atoms with Gasteiger partial charge in [0.1, 0.15) is 5.75 Å². The molecule has 14 heavy (non-hydrogen) atoms. The van der Waals surface area contributed by atoms with Gasteiger partial charge in [-0.1, -0.05) is 12.1 Å². The summed E-state index contributed by atoms with van der Waals surface area (Å²) in [4.78, 5) is 15.0. The first-order valence-corrected chi connectivity index (χ1v) is 3.81. The van der Waals surface area contributed by atoms with Crippen LogP contribution in [-0.2, 0) is 16.2 Å². The molecule has 0 amide bonds. The Bertz CT molecular complexity index is 287. The van der Waals surface area contributed by atoms with Gasteiger partial charge in [-0.15, -0.1) is 12.4 Å². The van der Waals surface area contributed by atoms with Gasteiger partial charge in [0.15, 0.2) is 0 Å². The van der Waals surface area contributed by atoms with E-state index in [4.69, 9.17) is 10.6 Å². The van der Waals surface area contributed by atoms with Gasteiger partial charge < -0.3 is 4.74 Å². The molecule has 0 aromatic heterocycles. The molecule has 0 radical (unpaired) electrons. The van der Waals surface area contributed by atoms with E-state index in [0.717, 1.165) is 5.56 Å². The van der Waals surface area contributed by atoms with Crippen LogP contribution in [0, 0.1) is 0 Å². The van der Waals surface area contributed by atoms with Crippen LogP contribution in [0.1, 0.15) is 12.5 Å². The van der Waals surface area contributed by atoms with Crippen LogP contribution in [0.2, 0.25) is 0 Å². The number of esters is 1. The van der Waals surface area contributed by atoms with Gasteiger partial charge in [-0.3, -0.25) is 9.63 Å². The van der Waals surface area contributed by atoms with E-state index in [9.17, 15) is 4.79 Å². The zero-order chi connectivity index (χ0) is 9.68. The highest BCUT2D eigenvalue weighted by atomic mass is 35.5. The number of ether oxygens (including phenoxy) is 1. The fourth-order valence-corrected chi connectivity index (χ4v) is 0.916. The molecule has 0 aliphatic rings. The molecular formula is C9H12ClNO3. The van der Waals surface area contributed by atoms with E-state index in [1.165, 1.54) is 6.92 Å². The molecule has 0 saturated carbocycles. The lowest BCUT2D eigenvalue weighted by molar-refractivity contribution is -0.131. The maximum absolute atomic E-state index is 10.6. The second kappa shape index (κ2) is 6.37. The van der Waals surface area contributed by atoms with E-state index in [1.54, 1.807) is 24.3 Å². The maximum Gasteiger partial charge on any atom is 0.308 e. The number of carbonyl (C=O) groups is 1. The molecule has 5 heteroatoms. The molecule has 0 saturated heterocycles. The third-order valence-corrected chi connectivity index (χ3v) is 1.43. The minimum absolute atomic E-state index is 0. The average molecular weight is 218 g/mol. The second-order valence-corrected chi connectivity index (χ2v) is 2.55. The van der Waals surface area contributed by atoms with Crippen molar-refractivity contribution < 1.29 is 14.4 Å². The zero-order valence-corrected chi connectivity index (χ0v) is 8.54. The van der Waals surface area contributed by atoms with Crippen molar-refractivity contribution in [2.75, 3.05) is 0 Å². The molecule has 0 unspecified atom stereocenters. The quantitative estimate of drug-likeness (QED) is 0.473. The summed E-state index contributed by atoms with van der Waals surface area (Å²) in [5.41, 5.74) is 0.929. The number of rotatable bonds is 3. The minimum atomic E-state index is -0.331. The normalized spacial score (nSPS) is 9.00. The molecule has 0 aliphatic carbocycles. The fourth-order valence-electron chi connectivity index (χ4n) is 0.916. The van der Waals surface area contributed by atoms with Crippen molar-refractivity contribution in [2.45, 2.75) is 13.5 Å². The highest BCUT2D eigenvalue weighted by Crippen LogP contribution is 2.12. The highest BCUT2D eigenvalue weighted by molar-refractivity contribution is 5.85. The Labute approximate surface area is 88.4 Å². The molecule has 0 fully saturated rings. The van der Waals surface area contributed by atoms with Crippen molar-refractivity contribution in [1.29, 1.82) is 0 Å². The number of nitrogens with two attached hydrogens (primary N) is 1. The van der Waals surface area contributed by atoms with Gasteiger partial charge in [0.05, 0.1) is 6.61 Å². The van der Waals surface area contributed by atoms with Gasteiger partial charge in [-0.25, -0.2) is 5.90 Å². The van der Waals surface area contributed by atoms with Crippen LogP contribution in [-0.4, -0.2) is 5.97 Å². The summed E-state index contributed by atoms with van der Waals surface area (Å²) in [6.07, 6.45) is 0. The van der Waals surface area contributed by atoms with Crippen LogP contribution >= 0.6 is 12.4 Å². The predicted molar refractivity (Wildman–Crippen MR) is 54.0 cm³/mol. The first kappa shape index (κ1) is 12.9. The van der Waals surface area contributed by atoms with E-state index in [1.807, 2.05) is 0 Å².